The van der Waals surface area contributed by atoms with E-state index in [1.165, 1.54) is 14.0 Å². The van der Waals surface area contributed by atoms with Gasteiger partial charge in [0.25, 0.3) is 0 Å². The van der Waals surface area contributed by atoms with Crippen molar-refractivity contribution in [1.29, 1.82) is 0 Å². The number of carboxylic acid groups (broad SMARTS) is 1. The molecule has 1 unspecified atom stereocenters. The lowest BCUT2D eigenvalue weighted by molar-refractivity contribution is -0.144. The number of carbonyl (C=O) groups excluding carboxylic acids is 1. The second-order valence-electron chi connectivity index (χ2n) is 4.88. The van der Waals surface area contributed by atoms with Crippen molar-refractivity contribution in [2.24, 2.45) is 5.92 Å². The van der Waals surface area contributed by atoms with E-state index in [9.17, 15) is 18.0 Å². The van der Waals surface area contributed by atoms with E-state index >= 15 is 0 Å². The first kappa shape index (κ1) is 15.9. The normalized spacial score (nSPS) is 18.6. The predicted octanol–water partition coefficient (Wildman–Crippen LogP) is 0.112. The van der Waals surface area contributed by atoms with Gasteiger partial charge in [-0.25, -0.2) is 8.42 Å². The standard InChI is InChI=1S/C11H19NO6S/c1-11(10(14)15,8-5-6-8)12-19(16,17)7-3-4-9(13)18-2/h8,12H,3-7H2,1-2H3,(H,14,15). The SMILES string of the molecule is COC(=O)CCCS(=O)(=O)NC(C)(C(=O)O)C1CC1. The fourth-order valence-electron chi connectivity index (χ4n) is 1.84. The zero-order valence-corrected chi connectivity index (χ0v) is 11.8. The Bertz CT molecular complexity index is 456. The Balaban J connectivity index is 2.58. The first-order chi connectivity index (χ1) is 8.71. The van der Waals surface area contributed by atoms with Gasteiger partial charge in [0.2, 0.25) is 10.0 Å². The molecule has 1 saturated carbocycles. The molecular formula is C11H19NO6S. The minimum Gasteiger partial charge on any atom is -0.480 e. The molecular weight excluding hydrogens is 274 g/mol. The molecule has 0 aliphatic heterocycles. The van der Waals surface area contributed by atoms with Crippen LogP contribution in [0.2, 0.25) is 0 Å². The van der Waals surface area contributed by atoms with Crippen molar-refractivity contribution in [3.05, 3.63) is 0 Å². The number of sulfonamides is 1. The van der Waals surface area contributed by atoms with Crippen molar-refractivity contribution in [3.8, 4) is 0 Å². The second kappa shape index (κ2) is 5.87. The Kier molecular flexibility index (Phi) is 4.92. The Morgan fingerprint density at radius 3 is 2.42 bits per heavy atom. The average molecular weight is 293 g/mol. The summed E-state index contributed by atoms with van der Waals surface area (Å²) in [6, 6.07) is 0. The highest BCUT2D eigenvalue weighted by Crippen LogP contribution is 2.40. The zero-order valence-electron chi connectivity index (χ0n) is 11.0. The molecule has 110 valence electrons. The van der Waals surface area contributed by atoms with Crippen LogP contribution in [-0.4, -0.2) is 43.9 Å². The highest BCUT2D eigenvalue weighted by atomic mass is 32.2. The fourth-order valence-corrected chi connectivity index (χ4v) is 3.37. The number of carbonyl (C=O) groups is 2. The molecule has 0 spiro atoms. The minimum absolute atomic E-state index is 0.00930. The van der Waals surface area contributed by atoms with Crippen LogP contribution in [0, 0.1) is 5.92 Å². The lowest BCUT2D eigenvalue weighted by Crippen LogP contribution is -2.54. The van der Waals surface area contributed by atoms with Crippen LogP contribution in [0.25, 0.3) is 0 Å². The molecule has 19 heavy (non-hydrogen) atoms. The lowest BCUT2D eigenvalue weighted by Gasteiger charge is -2.25. The van der Waals surface area contributed by atoms with E-state index in [0.29, 0.717) is 12.8 Å². The van der Waals surface area contributed by atoms with Crippen molar-refractivity contribution in [2.45, 2.75) is 38.1 Å². The van der Waals surface area contributed by atoms with E-state index in [0.717, 1.165) is 0 Å². The van der Waals surface area contributed by atoms with E-state index < -0.39 is 27.5 Å². The number of hydrogen-bond acceptors (Lipinski definition) is 5. The molecule has 0 heterocycles. The van der Waals surface area contributed by atoms with Crippen molar-refractivity contribution in [3.63, 3.8) is 0 Å². The van der Waals surface area contributed by atoms with Gasteiger partial charge >= 0.3 is 11.9 Å². The Labute approximate surface area is 112 Å². The first-order valence-electron chi connectivity index (χ1n) is 6.03. The van der Waals surface area contributed by atoms with E-state index in [1.54, 1.807) is 0 Å². The van der Waals surface area contributed by atoms with Crippen LogP contribution in [0.5, 0.6) is 0 Å². The molecule has 1 aliphatic carbocycles. The number of methoxy groups -OCH3 is 1. The molecule has 1 fully saturated rings. The van der Waals surface area contributed by atoms with Crippen LogP contribution < -0.4 is 4.72 Å². The van der Waals surface area contributed by atoms with Crippen LogP contribution in [0.1, 0.15) is 32.6 Å². The first-order valence-corrected chi connectivity index (χ1v) is 7.68. The number of hydrogen-bond donors (Lipinski definition) is 2. The van der Waals surface area contributed by atoms with E-state index in [1.807, 2.05) is 0 Å². The second-order valence-corrected chi connectivity index (χ2v) is 6.72. The van der Waals surface area contributed by atoms with E-state index in [4.69, 9.17) is 5.11 Å². The van der Waals surface area contributed by atoms with Gasteiger partial charge < -0.3 is 9.84 Å². The van der Waals surface area contributed by atoms with Gasteiger partial charge in [-0.1, -0.05) is 0 Å². The predicted molar refractivity (Wildman–Crippen MR) is 66.9 cm³/mol. The largest absolute Gasteiger partial charge is 0.480 e. The topological polar surface area (TPSA) is 110 Å². The van der Waals surface area contributed by atoms with Crippen molar-refractivity contribution in [1.82, 2.24) is 4.72 Å². The Morgan fingerprint density at radius 2 is 2.00 bits per heavy atom. The number of nitrogens with one attached hydrogen (secondary N) is 1. The maximum Gasteiger partial charge on any atom is 0.324 e. The van der Waals surface area contributed by atoms with Crippen molar-refractivity contribution >= 4 is 22.0 Å². The highest BCUT2D eigenvalue weighted by molar-refractivity contribution is 7.89. The maximum absolute atomic E-state index is 11.8. The monoisotopic (exact) mass is 293 g/mol. The Morgan fingerprint density at radius 1 is 1.42 bits per heavy atom. The minimum atomic E-state index is -3.73. The average Bonchev–Trinajstić information content (AvgIpc) is 3.11. The number of aliphatic carboxylic acids is 1. The quantitative estimate of drug-likeness (QED) is 0.615. The molecule has 2 N–H and O–H groups in total. The number of esters is 1. The summed E-state index contributed by atoms with van der Waals surface area (Å²) in [6.45, 7) is 1.38. The third-order valence-corrected chi connectivity index (χ3v) is 4.79. The highest BCUT2D eigenvalue weighted by Gasteiger charge is 2.49. The van der Waals surface area contributed by atoms with Crippen LogP contribution in [-0.2, 0) is 24.3 Å². The number of ether oxygens (including phenoxy) is 1. The van der Waals surface area contributed by atoms with Gasteiger partial charge in [0.15, 0.2) is 0 Å². The van der Waals surface area contributed by atoms with Crippen LogP contribution in [0.4, 0.5) is 0 Å². The molecule has 0 bridgehead atoms. The molecule has 0 saturated heterocycles. The molecule has 7 nitrogen and oxygen atoms in total. The number of carboxylic acids is 1. The molecule has 1 aliphatic rings. The lowest BCUT2D eigenvalue weighted by atomic mass is 9.98. The van der Waals surface area contributed by atoms with Crippen molar-refractivity contribution in [2.75, 3.05) is 12.9 Å². The fraction of sp³-hybridized carbons (Fsp3) is 0.818. The summed E-state index contributed by atoms with van der Waals surface area (Å²) in [5.41, 5.74) is -1.45. The van der Waals surface area contributed by atoms with E-state index in [2.05, 4.69) is 9.46 Å². The molecule has 0 aromatic rings. The molecule has 8 heteroatoms. The van der Waals surface area contributed by atoms with Crippen molar-refractivity contribution < 1.29 is 27.9 Å². The third-order valence-electron chi connectivity index (χ3n) is 3.23. The van der Waals surface area contributed by atoms with Gasteiger partial charge in [-0.3, -0.25) is 9.59 Å². The molecule has 0 aromatic carbocycles. The maximum atomic E-state index is 11.8. The summed E-state index contributed by atoms with van der Waals surface area (Å²) in [5, 5.41) is 9.16. The Hall–Kier alpha value is -1.15. The van der Waals surface area contributed by atoms with E-state index in [-0.39, 0.29) is 24.5 Å². The molecule has 0 radical (unpaired) electrons. The molecule has 0 aromatic heterocycles. The summed E-state index contributed by atoms with van der Waals surface area (Å²) in [4.78, 5) is 22.1. The zero-order chi connectivity index (χ0) is 14.7. The van der Waals surface area contributed by atoms with Gasteiger partial charge in [-0.05, 0) is 32.1 Å². The van der Waals surface area contributed by atoms with Crippen LogP contribution in [0.3, 0.4) is 0 Å². The summed E-state index contributed by atoms with van der Waals surface area (Å²) in [6.07, 6.45) is 1.49. The van der Waals surface area contributed by atoms with Gasteiger partial charge in [-0.15, -0.1) is 0 Å². The molecule has 0 amide bonds. The van der Waals surface area contributed by atoms with Gasteiger partial charge in [0, 0.05) is 6.42 Å². The summed E-state index contributed by atoms with van der Waals surface area (Å²) in [5.74, 6) is -2.12. The number of rotatable bonds is 8. The summed E-state index contributed by atoms with van der Waals surface area (Å²) >= 11 is 0. The van der Waals surface area contributed by atoms with Gasteiger partial charge in [-0.2, -0.15) is 4.72 Å². The van der Waals surface area contributed by atoms with Crippen LogP contribution >= 0.6 is 0 Å². The van der Waals surface area contributed by atoms with Gasteiger partial charge in [0.1, 0.15) is 5.54 Å². The molecule has 1 rings (SSSR count). The third kappa shape index (κ3) is 4.46. The smallest absolute Gasteiger partial charge is 0.324 e. The summed E-state index contributed by atoms with van der Waals surface area (Å²) in [7, 11) is -2.51. The van der Waals surface area contributed by atoms with Crippen LogP contribution in [0.15, 0.2) is 0 Å². The van der Waals surface area contributed by atoms with Gasteiger partial charge in [0.05, 0.1) is 12.9 Å². The molecule has 1 atom stereocenters. The summed E-state index contributed by atoms with van der Waals surface area (Å²) < 4.78 is 30.3.